The van der Waals surface area contributed by atoms with E-state index in [1.54, 1.807) is 0 Å². The van der Waals surface area contributed by atoms with Crippen LogP contribution in [0.1, 0.15) is 26.5 Å². The van der Waals surface area contributed by atoms with E-state index in [1.165, 1.54) is 12.3 Å². The minimum Gasteiger partial charge on any atom is -0.259 e. The highest BCUT2D eigenvalue weighted by Gasteiger charge is 2.23. The number of nitrogens with zero attached hydrogens (tertiary/aromatic N) is 1. The summed E-state index contributed by atoms with van der Waals surface area (Å²) in [6.45, 7) is 5.85. The molecular weight excluding hydrogens is 280 g/mol. The molecule has 1 rings (SSSR count). The molecule has 84 valence electrons. The lowest BCUT2D eigenvalue weighted by Crippen LogP contribution is -2.19. The maximum atomic E-state index is 11.3. The van der Waals surface area contributed by atoms with Gasteiger partial charge in [0.25, 0.3) is 0 Å². The van der Waals surface area contributed by atoms with Gasteiger partial charge in [0.1, 0.15) is 0 Å². The predicted octanol–water partition coefficient (Wildman–Crippen LogP) is 1.79. The largest absolute Gasteiger partial charge is 0.259 e. The van der Waals surface area contributed by atoms with Crippen LogP contribution in [-0.4, -0.2) is 13.4 Å². The van der Waals surface area contributed by atoms with E-state index < -0.39 is 10.0 Å². The lowest BCUT2D eigenvalue weighted by atomic mass is 9.92. The monoisotopic (exact) mass is 292 g/mol. The number of sulfonamides is 1. The van der Waals surface area contributed by atoms with Crippen LogP contribution in [0, 0.1) is 0 Å². The standard InChI is InChI=1S/C9H13BrN2O2S/c1-9(2,3)8-7(10)6(4-5-12-8)15(11,13)14/h4-5H,1-3H3,(H2,11,13,14). The Morgan fingerprint density at radius 1 is 1.40 bits per heavy atom. The third kappa shape index (κ3) is 2.76. The normalized spacial score (nSPS) is 12.9. The van der Waals surface area contributed by atoms with Crippen LogP contribution >= 0.6 is 15.9 Å². The van der Waals surface area contributed by atoms with Gasteiger partial charge in [-0.3, -0.25) is 4.98 Å². The maximum Gasteiger partial charge on any atom is 0.239 e. The number of hydrogen-bond donors (Lipinski definition) is 1. The molecule has 15 heavy (non-hydrogen) atoms. The molecule has 0 aliphatic carbocycles. The molecule has 1 aromatic heterocycles. The lowest BCUT2D eigenvalue weighted by Gasteiger charge is -2.20. The van der Waals surface area contributed by atoms with Gasteiger partial charge in [-0.15, -0.1) is 0 Å². The van der Waals surface area contributed by atoms with Crippen molar-refractivity contribution >= 4 is 26.0 Å². The summed E-state index contributed by atoms with van der Waals surface area (Å²) in [5.41, 5.74) is 0.438. The van der Waals surface area contributed by atoms with Gasteiger partial charge in [-0.25, -0.2) is 13.6 Å². The van der Waals surface area contributed by atoms with E-state index >= 15 is 0 Å². The Labute approximate surface area is 98.1 Å². The summed E-state index contributed by atoms with van der Waals surface area (Å²) >= 11 is 3.23. The molecule has 0 aliphatic heterocycles. The molecule has 2 N–H and O–H groups in total. The average molecular weight is 293 g/mol. The van der Waals surface area contributed by atoms with Crippen molar-refractivity contribution in [2.24, 2.45) is 5.14 Å². The Kier molecular flexibility index (Phi) is 3.23. The molecule has 0 aromatic carbocycles. The van der Waals surface area contributed by atoms with Crippen LogP contribution in [0.25, 0.3) is 0 Å². The molecule has 0 saturated heterocycles. The molecule has 0 aliphatic rings. The zero-order chi connectivity index (χ0) is 11.9. The minimum absolute atomic E-state index is 0.0717. The SMILES string of the molecule is CC(C)(C)c1nccc(S(N)(=O)=O)c1Br. The van der Waals surface area contributed by atoms with Gasteiger partial charge in [0.05, 0.1) is 15.1 Å². The van der Waals surface area contributed by atoms with Gasteiger partial charge in [-0.2, -0.15) is 0 Å². The van der Waals surface area contributed by atoms with Gasteiger partial charge in [-0.05, 0) is 22.0 Å². The van der Waals surface area contributed by atoms with Gasteiger partial charge in [0.2, 0.25) is 10.0 Å². The van der Waals surface area contributed by atoms with Crippen molar-refractivity contribution in [1.82, 2.24) is 4.98 Å². The molecule has 0 unspecified atom stereocenters. The van der Waals surface area contributed by atoms with Crippen LogP contribution in [0.5, 0.6) is 0 Å². The van der Waals surface area contributed by atoms with Crippen molar-refractivity contribution in [1.29, 1.82) is 0 Å². The van der Waals surface area contributed by atoms with Crippen molar-refractivity contribution in [3.8, 4) is 0 Å². The zero-order valence-electron chi connectivity index (χ0n) is 8.78. The second-order valence-corrected chi connectivity index (χ2v) is 6.59. The van der Waals surface area contributed by atoms with Crippen LogP contribution in [0.3, 0.4) is 0 Å². The van der Waals surface area contributed by atoms with Gasteiger partial charge >= 0.3 is 0 Å². The Hall–Kier alpha value is -0.460. The third-order valence-electron chi connectivity index (χ3n) is 1.87. The lowest BCUT2D eigenvalue weighted by molar-refractivity contribution is 0.560. The van der Waals surface area contributed by atoms with E-state index in [0.717, 1.165) is 0 Å². The number of hydrogen-bond acceptors (Lipinski definition) is 3. The Morgan fingerprint density at radius 2 is 1.93 bits per heavy atom. The molecule has 4 nitrogen and oxygen atoms in total. The number of pyridine rings is 1. The van der Waals surface area contributed by atoms with Crippen LogP contribution in [0.4, 0.5) is 0 Å². The van der Waals surface area contributed by atoms with E-state index in [2.05, 4.69) is 20.9 Å². The molecule has 0 spiro atoms. The first-order valence-electron chi connectivity index (χ1n) is 4.32. The second-order valence-electron chi connectivity index (χ2n) is 4.27. The summed E-state index contributed by atoms with van der Waals surface area (Å²) < 4.78 is 23.0. The molecule has 6 heteroatoms. The van der Waals surface area contributed by atoms with E-state index in [9.17, 15) is 8.42 Å². The van der Waals surface area contributed by atoms with Crippen LogP contribution in [0.15, 0.2) is 21.6 Å². The van der Waals surface area contributed by atoms with Crippen LogP contribution in [-0.2, 0) is 15.4 Å². The highest BCUT2D eigenvalue weighted by Crippen LogP contribution is 2.31. The van der Waals surface area contributed by atoms with E-state index in [4.69, 9.17) is 5.14 Å². The average Bonchev–Trinajstić information content (AvgIpc) is 1.99. The van der Waals surface area contributed by atoms with Crippen LogP contribution in [0.2, 0.25) is 0 Å². The highest BCUT2D eigenvalue weighted by molar-refractivity contribution is 9.10. The predicted molar refractivity (Wildman–Crippen MR) is 62.0 cm³/mol. The molecular formula is C9H13BrN2O2S. The first-order valence-corrected chi connectivity index (χ1v) is 6.66. The Balaban J connectivity index is 3.51. The summed E-state index contributed by atoms with van der Waals surface area (Å²) in [5.74, 6) is 0. The fourth-order valence-corrected chi connectivity index (χ4v) is 3.27. The first kappa shape index (κ1) is 12.6. The zero-order valence-corrected chi connectivity index (χ0v) is 11.2. The molecule has 0 bridgehead atoms. The van der Waals surface area contributed by atoms with Crippen LogP contribution < -0.4 is 5.14 Å². The van der Waals surface area contributed by atoms with Crippen molar-refractivity contribution in [2.75, 3.05) is 0 Å². The van der Waals surface area contributed by atoms with E-state index in [-0.39, 0.29) is 10.3 Å². The molecule has 0 amide bonds. The topological polar surface area (TPSA) is 73.0 Å². The summed E-state index contributed by atoms with van der Waals surface area (Å²) in [7, 11) is -3.70. The smallest absolute Gasteiger partial charge is 0.239 e. The van der Waals surface area contributed by atoms with Gasteiger partial charge in [-0.1, -0.05) is 20.8 Å². The fraction of sp³-hybridized carbons (Fsp3) is 0.444. The van der Waals surface area contributed by atoms with Gasteiger partial charge in [0.15, 0.2) is 0 Å². The number of halogens is 1. The second kappa shape index (κ2) is 3.84. The van der Waals surface area contributed by atoms with E-state index in [1.807, 2.05) is 20.8 Å². The van der Waals surface area contributed by atoms with Crippen molar-refractivity contribution in [3.63, 3.8) is 0 Å². The highest BCUT2D eigenvalue weighted by atomic mass is 79.9. The number of primary sulfonamides is 1. The first-order chi connectivity index (χ1) is 6.64. The fourth-order valence-electron chi connectivity index (χ4n) is 1.17. The molecule has 0 radical (unpaired) electrons. The summed E-state index contributed by atoms with van der Waals surface area (Å²) in [5, 5.41) is 5.08. The molecule has 0 saturated carbocycles. The number of nitrogens with two attached hydrogens (primary N) is 1. The minimum atomic E-state index is -3.70. The summed E-state index contributed by atoms with van der Waals surface area (Å²) in [6.07, 6.45) is 1.45. The molecule has 0 atom stereocenters. The number of aromatic nitrogens is 1. The molecule has 1 heterocycles. The Morgan fingerprint density at radius 3 is 2.33 bits per heavy atom. The quantitative estimate of drug-likeness (QED) is 0.858. The van der Waals surface area contributed by atoms with Crippen molar-refractivity contribution in [2.45, 2.75) is 31.1 Å². The summed E-state index contributed by atoms with van der Waals surface area (Å²) in [6, 6.07) is 1.38. The molecule has 0 fully saturated rings. The Bertz CT molecular complexity index is 477. The number of rotatable bonds is 1. The van der Waals surface area contributed by atoms with Gasteiger partial charge in [0, 0.05) is 11.6 Å². The molecule has 1 aromatic rings. The van der Waals surface area contributed by atoms with Crippen molar-refractivity contribution in [3.05, 3.63) is 22.4 Å². The maximum absolute atomic E-state index is 11.3. The van der Waals surface area contributed by atoms with Gasteiger partial charge < -0.3 is 0 Å². The van der Waals surface area contributed by atoms with E-state index in [0.29, 0.717) is 10.2 Å². The van der Waals surface area contributed by atoms with Crippen molar-refractivity contribution < 1.29 is 8.42 Å². The third-order valence-corrected chi connectivity index (χ3v) is 3.89. The summed E-state index contributed by atoms with van der Waals surface area (Å²) in [4.78, 5) is 4.23.